The number of unbranched alkanes of at least 4 members (excludes halogenated alkanes) is 1. The summed E-state index contributed by atoms with van der Waals surface area (Å²) in [6.45, 7) is 11.9. The summed E-state index contributed by atoms with van der Waals surface area (Å²) in [7, 11) is 2.11. The molecule has 0 radical (unpaired) electrons. The van der Waals surface area contributed by atoms with Gasteiger partial charge in [0.2, 0.25) is 0 Å². The molecule has 3 heteroatoms. The van der Waals surface area contributed by atoms with Crippen molar-refractivity contribution in [2.45, 2.75) is 26.7 Å². The van der Waals surface area contributed by atoms with E-state index < -0.39 is 0 Å². The van der Waals surface area contributed by atoms with Gasteiger partial charge in [-0.2, -0.15) is 0 Å². The largest absolute Gasteiger partial charge is 0.316 e. The highest BCUT2D eigenvalue weighted by atomic mass is 15.1. The van der Waals surface area contributed by atoms with Gasteiger partial charge in [-0.15, -0.1) is 0 Å². The molecule has 88 valence electrons. The predicted octanol–water partition coefficient (Wildman–Crippen LogP) is 1.91. The molecule has 0 heterocycles. The molecule has 0 aliphatic carbocycles. The first kappa shape index (κ1) is 14.3. The molecule has 0 atom stereocenters. The van der Waals surface area contributed by atoms with Gasteiger partial charge in [0.15, 0.2) is 0 Å². The van der Waals surface area contributed by atoms with Crippen LogP contribution in [0, 0.1) is 0 Å². The highest BCUT2D eigenvalue weighted by Gasteiger charge is 2.00. The first-order chi connectivity index (χ1) is 7.24. The molecule has 0 rings (SSSR count). The Balaban J connectivity index is 3.79. The number of allylic oxidation sites excluding steroid dienone is 1. The van der Waals surface area contributed by atoms with Crippen LogP contribution in [-0.4, -0.2) is 44.8 Å². The van der Waals surface area contributed by atoms with Crippen molar-refractivity contribution in [3.05, 3.63) is 11.8 Å². The Bertz CT molecular complexity index is 187. The van der Waals surface area contributed by atoms with E-state index in [4.69, 9.17) is 0 Å². The highest BCUT2D eigenvalue weighted by molar-refractivity contribution is 5.29. The zero-order valence-corrected chi connectivity index (χ0v) is 10.4. The van der Waals surface area contributed by atoms with Crippen molar-refractivity contribution in [2.75, 3.05) is 33.2 Å². The molecule has 0 unspecified atom stereocenters. The Labute approximate surface area is 94.3 Å². The van der Waals surface area contributed by atoms with Gasteiger partial charge in [-0.3, -0.25) is 9.89 Å². The number of nitrogens with one attached hydrogen (secondary N) is 1. The highest BCUT2D eigenvalue weighted by Crippen LogP contribution is 2.01. The van der Waals surface area contributed by atoms with E-state index in [0.717, 1.165) is 38.3 Å². The van der Waals surface area contributed by atoms with Crippen LogP contribution in [0.25, 0.3) is 0 Å². The van der Waals surface area contributed by atoms with E-state index >= 15 is 0 Å². The minimum Gasteiger partial charge on any atom is -0.316 e. The fourth-order valence-corrected chi connectivity index (χ4v) is 1.29. The average Bonchev–Trinajstić information content (AvgIpc) is 2.24. The van der Waals surface area contributed by atoms with Gasteiger partial charge in [0.25, 0.3) is 0 Å². The summed E-state index contributed by atoms with van der Waals surface area (Å²) in [5.41, 5.74) is 1.09. The molecule has 0 spiro atoms. The maximum atomic E-state index is 4.04. The Morgan fingerprint density at radius 1 is 1.47 bits per heavy atom. The Morgan fingerprint density at radius 2 is 2.20 bits per heavy atom. The van der Waals surface area contributed by atoms with Gasteiger partial charge in [-0.1, -0.05) is 26.3 Å². The van der Waals surface area contributed by atoms with E-state index in [1.165, 1.54) is 6.42 Å². The Morgan fingerprint density at radius 3 is 2.73 bits per heavy atom. The van der Waals surface area contributed by atoms with Crippen molar-refractivity contribution in [1.82, 2.24) is 10.2 Å². The minimum absolute atomic E-state index is 0.898. The van der Waals surface area contributed by atoms with Crippen LogP contribution in [0.4, 0.5) is 0 Å². The van der Waals surface area contributed by atoms with Crippen molar-refractivity contribution < 1.29 is 0 Å². The third-order valence-electron chi connectivity index (χ3n) is 2.22. The maximum absolute atomic E-state index is 4.04. The summed E-state index contributed by atoms with van der Waals surface area (Å²) in [4.78, 5) is 6.31. The predicted molar refractivity (Wildman–Crippen MR) is 68.6 cm³/mol. The number of hydrogen-bond acceptors (Lipinski definition) is 3. The third kappa shape index (κ3) is 8.33. The second kappa shape index (κ2) is 9.87. The topological polar surface area (TPSA) is 27.6 Å². The number of aliphatic imine (C=N–C) groups is 1. The fourth-order valence-electron chi connectivity index (χ4n) is 1.29. The molecular weight excluding hydrogens is 186 g/mol. The molecule has 0 saturated heterocycles. The van der Waals surface area contributed by atoms with Gasteiger partial charge in [-0.05, 0) is 26.7 Å². The van der Waals surface area contributed by atoms with Gasteiger partial charge in [0.1, 0.15) is 0 Å². The van der Waals surface area contributed by atoms with E-state index in [-0.39, 0.29) is 0 Å². The summed E-state index contributed by atoms with van der Waals surface area (Å²) in [5.74, 6) is 0. The van der Waals surface area contributed by atoms with Crippen LogP contribution in [0.5, 0.6) is 0 Å². The van der Waals surface area contributed by atoms with Gasteiger partial charge in [0.05, 0.1) is 0 Å². The summed E-state index contributed by atoms with van der Waals surface area (Å²) in [6.07, 6.45) is 4.44. The van der Waals surface area contributed by atoms with E-state index in [1.807, 2.05) is 0 Å². The molecule has 0 fully saturated rings. The molecule has 0 bridgehead atoms. The lowest BCUT2D eigenvalue weighted by Gasteiger charge is -2.16. The number of hydrogen-bond donors (Lipinski definition) is 1. The molecule has 0 aromatic rings. The zero-order valence-electron chi connectivity index (χ0n) is 10.4. The molecule has 0 saturated carbocycles. The molecule has 0 aliphatic rings. The Kier molecular flexibility index (Phi) is 9.43. The van der Waals surface area contributed by atoms with Crippen molar-refractivity contribution in [1.29, 1.82) is 0 Å². The van der Waals surface area contributed by atoms with Crippen LogP contribution in [0.3, 0.4) is 0 Å². The summed E-state index contributed by atoms with van der Waals surface area (Å²) in [6, 6.07) is 0. The lowest BCUT2D eigenvalue weighted by molar-refractivity contribution is 0.358. The smallest absolute Gasteiger partial charge is 0.0496 e. The van der Waals surface area contributed by atoms with Crippen LogP contribution >= 0.6 is 0 Å². The van der Waals surface area contributed by atoms with E-state index in [2.05, 4.69) is 48.9 Å². The molecule has 0 amide bonds. The number of likely N-dealkylation sites (N-methyl/N-ethyl adjacent to an activating group) is 2. The Hall–Kier alpha value is -0.670. The van der Waals surface area contributed by atoms with E-state index in [9.17, 15) is 0 Å². The van der Waals surface area contributed by atoms with Crippen molar-refractivity contribution in [3.63, 3.8) is 0 Å². The first-order valence-corrected chi connectivity index (χ1v) is 5.79. The van der Waals surface area contributed by atoms with Crippen molar-refractivity contribution in [3.8, 4) is 0 Å². The molecule has 0 aliphatic heterocycles. The number of nitrogens with zero attached hydrogens (tertiary/aromatic N) is 2. The van der Waals surface area contributed by atoms with E-state index in [1.54, 1.807) is 0 Å². The minimum atomic E-state index is 0.898. The van der Waals surface area contributed by atoms with Gasteiger partial charge >= 0.3 is 0 Å². The van der Waals surface area contributed by atoms with Gasteiger partial charge in [-0.25, -0.2) is 0 Å². The van der Waals surface area contributed by atoms with Crippen LogP contribution < -0.4 is 5.32 Å². The molecule has 3 nitrogen and oxygen atoms in total. The normalized spacial score (nSPS) is 12.1. The average molecular weight is 211 g/mol. The summed E-state index contributed by atoms with van der Waals surface area (Å²) >= 11 is 0. The second-order valence-corrected chi connectivity index (χ2v) is 3.73. The summed E-state index contributed by atoms with van der Waals surface area (Å²) in [5, 5.41) is 3.31. The van der Waals surface area contributed by atoms with Gasteiger partial charge < -0.3 is 5.32 Å². The van der Waals surface area contributed by atoms with Crippen LogP contribution in [0.2, 0.25) is 0 Å². The third-order valence-corrected chi connectivity index (χ3v) is 2.22. The van der Waals surface area contributed by atoms with Gasteiger partial charge in [0, 0.05) is 25.3 Å². The molecule has 0 aromatic carbocycles. The van der Waals surface area contributed by atoms with Crippen LogP contribution in [0.1, 0.15) is 26.7 Å². The van der Waals surface area contributed by atoms with Crippen LogP contribution in [0.15, 0.2) is 16.8 Å². The lowest BCUT2D eigenvalue weighted by Crippen LogP contribution is -2.30. The summed E-state index contributed by atoms with van der Waals surface area (Å²) < 4.78 is 0. The second-order valence-electron chi connectivity index (χ2n) is 3.73. The molecule has 0 aromatic heterocycles. The lowest BCUT2D eigenvalue weighted by atomic mass is 10.2. The monoisotopic (exact) mass is 211 g/mol. The van der Waals surface area contributed by atoms with Crippen LogP contribution in [-0.2, 0) is 0 Å². The molecular formula is C12H25N3. The SMILES string of the molecule is C=N/C(=C\CCC)CN(C)CCNCC. The molecule has 1 N–H and O–H groups in total. The fraction of sp³-hybridized carbons (Fsp3) is 0.750. The maximum Gasteiger partial charge on any atom is 0.0496 e. The van der Waals surface area contributed by atoms with Crippen molar-refractivity contribution >= 4 is 6.72 Å². The molecule has 15 heavy (non-hydrogen) atoms. The zero-order chi connectivity index (χ0) is 11.5. The first-order valence-electron chi connectivity index (χ1n) is 5.79. The quantitative estimate of drug-likeness (QED) is 0.466. The van der Waals surface area contributed by atoms with Crippen molar-refractivity contribution in [2.24, 2.45) is 4.99 Å². The number of rotatable bonds is 9. The standard InChI is InChI=1S/C12H25N3/c1-5-7-8-12(13-3)11-15(4)10-9-14-6-2/h8,14H,3,5-7,9-11H2,1-2,4H3/b12-8-. The van der Waals surface area contributed by atoms with E-state index in [0.29, 0.717) is 0 Å².